The normalized spacial score (nSPS) is 11.6. The van der Waals surface area contributed by atoms with Crippen molar-refractivity contribution in [2.24, 2.45) is 0 Å². The fourth-order valence-corrected chi connectivity index (χ4v) is 2.63. The van der Waals surface area contributed by atoms with E-state index in [9.17, 15) is 4.79 Å². The highest BCUT2D eigenvalue weighted by molar-refractivity contribution is 5.94. The fraction of sp³-hybridized carbons (Fsp3) is 0.368. The maximum atomic E-state index is 11.9. The summed E-state index contributed by atoms with van der Waals surface area (Å²) in [6.07, 6.45) is 0. The Bertz CT molecular complexity index is 916. The first-order chi connectivity index (χ1) is 12.3. The minimum absolute atomic E-state index is 0.0856. The van der Waals surface area contributed by atoms with Gasteiger partial charge in [0.15, 0.2) is 0 Å². The summed E-state index contributed by atoms with van der Waals surface area (Å²) in [5.74, 6) is 0.807. The van der Waals surface area contributed by atoms with E-state index in [1.54, 1.807) is 19.1 Å². The van der Waals surface area contributed by atoms with Crippen LogP contribution in [0.3, 0.4) is 0 Å². The molecule has 1 aromatic carbocycles. The predicted molar refractivity (Wildman–Crippen MR) is 98.3 cm³/mol. The first kappa shape index (κ1) is 17.8. The molecule has 1 N–H and O–H groups in total. The van der Waals surface area contributed by atoms with Gasteiger partial charge in [-0.25, -0.2) is 4.68 Å². The summed E-state index contributed by atoms with van der Waals surface area (Å²) in [5.41, 5.74) is 2.98. The number of aromatic nitrogens is 4. The van der Waals surface area contributed by atoms with Crippen LogP contribution in [0.15, 0.2) is 34.7 Å². The zero-order chi connectivity index (χ0) is 18.9. The Labute approximate surface area is 152 Å². The molecule has 0 aliphatic carbocycles. The molecule has 0 aliphatic heterocycles. The van der Waals surface area contributed by atoms with E-state index in [1.807, 2.05) is 29.8 Å². The van der Waals surface area contributed by atoms with E-state index in [0.717, 1.165) is 11.4 Å². The number of hydrogen-bond donors (Lipinski definition) is 1. The van der Waals surface area contributed by atoms with E-state index in [1.165, 1.54) is 0 Å². The second-order valence-electron chi connectivity index (χ2n) is 7.11. The van der Waals surface area contributed by atoms with Crippen molar-refractivity contribution < 1.29 is 9.21 Å². The number of carbonyl (C=O) groups excluding carboxylic acids is 1. The van der Waals surface area contributed by atoms with Gasteiger partial charge in [0, 0.05) is 24.4 Å². The van der Waals surface area contributed by atoms with Gasteiger partial charge in [0.1, 0.15) is 5.69 Å². The van der Waals surface area contributed by atoms with Crippen LogP contribution in [-0.2, 0) is 5.41 Å². The van der Waals surface area contributed by atoms with Gasteiger partial charge in [0.25, 0.3) is 11.8 Å². The Balaban J connectivity index is 2.03. The van der Waals surface area contributed by atoms with E-state index in [0.29, 0.717) is 29.6 Å². The molecule has 0 aliphatic rings. The highest BCUT2D eigenvalue weighted by Gasteiger charge is 2.24. The average molecular weight is 353 g/mol. The third-order valence-corrected chi connectivity index (χ3v) is 3.93. The number of nitrogens with zero attached hydrogens (tertiary/aromatic N) is 4. The molecule has 2 aromatic heterocycles. The molecule has 7 heteroatoms. The molecule has 0 spiro atoms. The van der Waals surface area contributed by atoms with Crippen LogP contribution in [0, 0.1) is 6.92 Å². The summed E-state index contributed by atoms with van der Waals surface area (Å²) in [4.78, 5) is 11.9. The molecule has 0 saturated heterocycles. The fourth-order valence-electron chi connectivity index (χ4n) is 2.63. The molecule has 7 nitrogen and oxygen atoms in total. The first-order valence-electron chi connectivity index (χ1n) is 8.59. The van der Waals surface area contributed by atoms with Gasteiger partial charge in [0.2, 0.25) is 5.89 Å². The molecule has 0 atom stereocenters. The summed E-state index contributed by atoms with van der Waals surface area (Å²) in [6, 6.07) is 9.33. The topological polar surface area (TPSA) is 85.8 Å². The maximum absolute atomic E-state index is 11.9. The van der Waals surface area contributed by atoms with Crippen LogP contribution in [0.25, 0.3) is 17.3 Å². The number of rotatable bonds is 4. The van der Waals surface area contributed by atoms with Crippen LogP contribution < -0.4 is 5.32 Å². The number of aryl methyl sites for hydroxylation is 1. The van der Waals surface area contributed by atoms with Crippen LogP contribution in [-0.4, -0.2) is 32.4 Å². The molecule has 136 valence electrons. The zero-order valence-corrected chi connectivity index (χ0v) is 15.7. The summed E-state index contributed by atoms with van der Waals surface area (Å²) >= 11 is 0. The Morgan fingerprint density at radius 1 is 1.19 bits per heavy atom. The Hall–Kier alpha value is -2.96. The van der Waals surface area contributed by atoms with Crippen LogP contribution in [0.5, 0.6) is 0 Å². The van der Waals surface area contributed by atoms with Crippen molar-refractivity contribution in [1.82, 2.24) is 25.3 Å². The summed E-state index contributed by atoms with van der Waals surface area (Å²) in [6.45, 7) is 10.6. The Kier molecular flexibility index (Phi) is 4.63. The van der Waals surface area contributed by atoms with Crippen molar-refractivity contribution in [3.63, 3.8) is 0 Å². The molecule has 2 heterocycles. The van der Waals surface area contributed by atoms with Gasteiger partial charge in [-0.1, -0.05) is 20.8 Å². The minimum atomic E-state index is -0.140. The molecule has 0 saturated carbocycles. The number of amides is 1. The van der Waals surface area contributed by atoms with Crippen molar-refractivity contribution in [2.45, 2.75) is 40.0 Å². The van der Waals surface area contributed by atoms with Gasteiger partial charge in [0.05, 0.1) is 11.4 Å². The summed E-state index contributed by atoms with van der Waals surface area (Å²) < 4.78 is 7.37. The van der Waals surface area contributed by atoms with Crippen molar-refractivity contribution in [3.8, 4) is 17.3 Å². The van der Waals surface area contributed by atoms with Gasteiger partial charge in [-0.15, -0.1) is 10.2 Å². The van der Waals surface area contributed by atoms with Crippen molar-refractivity contribution in [1.29, 1.82) is 0 Å². The van der Waals surface area contributed by atoms with Gasteiger partial charge in [-0.2, -0.15) is 5.10 Å². The van der Waals surface area contributed by atoms with Crippen molar-refractivity contribution in [3.05, 3.63) is 47.5 Å². The molecule has 0 unspecified atom stereocenters. The van der Waals surface area contributed by atoms with Crippen LogP contribution in [0.4, 0.5) is 0 Å². The third kappa shape index (κ3) is 3.51. The van der Waals surface area contributed by atoms with Gasteiger partial charge >= 0.3 is 0 Å². The third-order valence-electron chi connectivity index (χ3n) is 3.93. The average Bonchev–Trinajstić information content (AvgIpc) is 3.21. The highest BCUT2D eigenvalue weighted by Crippen LogP contribution is 2.29. The van der Waals surface area contributed by atoms with Gasteiger partial charge in [-0.05, 0) is 37.3 Å². The van der Waals surface area contributed by atoms with Crippen LogP contribution >= 0.6 is 0 Å². The number of nitrogens with one attached hydrogen (secondary N) is 1. The quantitative estimate of drug-likeness (QED) is 0.778. The van der Waals surface area contributed by atoms with E-state index in [4.69, 9.17) is 4.42 Å². The monoisotopic (exact) mass is 353 g/mol. The minimum Gasteiger partial charge on any atom is -0.420 e. The maximum Gasteiger partial charge on any atom is 0.268 e. The lowest BCUT2D eigenvalue weighted by atomic mass is 9.91. The van der Waals surface area contributed by atoms with Gasteiger partial charge in [-0.3, -0.25) is 4.79 Å². The Morgan fingerprint density at radius 3 is 2.42 bits per heavy atom. The van der Waals surface area contributed by atoms with E-state index in [-0.39, 0.29) is 11.3 Å². The molecule has 26 heavy (non-hydrogen) atoms. The van der Waals surface area contributed by atoms with E-state index in [2.05, 4.69) is 41.4 Å². The molecule has 0 bridgehead atoms. The molecule has 0 radical (unpaired) electrons. The summed E-state index contributed by atoms with van der Waals surface area (Å²) in [5, 5.41) is 15.4. The number of hydrogen-bond acceptors (Lipinski definition) is 5. The molecular weight excluding hydrogens is 330 g/mol. The standard InChI is InChI=1S/C19H23N5O2/c1-6-20-17(25)13-7-9-14(10-8-13)24-16(19(3,4)5)11-15(23-24)18-22-21-12(2)26-18/h7-11H,6H2,1-5H3,(H,20,25). The second kappa shape index (κ2) is 6.74. The van der Waals surface area contributed by atoms with Crippen LogP contribution in [0.2, 0.25) is 0 Å². The van der Waals surface area contributed by atoms with Crippen molar-refractivity contribution >= 4 is 5.91 Å². The largest absolute Gasteiger partial charge is 0.420 e. The lowest BCUT2D eigenvalue weighted by molar-refractivity contribution is 0.0956. The molecule has 3 aromatic rings. The zero-order valence-electron chi connectivity index (χ0n) is 15.7. The predicted octanol–water partition coefficient (Wildman–Crippen LogP) is 3.28. The number of carbonyl (C=O) groups is 1. The smallest absolute Gasteiger partial charge is 0.268 e. The molecule has 0 fully saturated rings. The lowest BCUT2D eigenvalue weighted by Crippen LogP contribution is -2.22. The van der Waals surface area contributed by atoms with E-state index < -0.39 is 0 Å². The Morgan fingerprint density at radius 2 is 1.88 bits per heavy atom. The molecule has 3 rings (SSSR count). The second-order valence-corrected chi connectivity index (χ2v) is 7.11. The molecule has 1 amide bonds. The summed E-state index contributed by atoms with van der Waals surface area (Å²) in [7, 11) is 0. The van der Waals surface area contributed by atoms with Crippen LogP contribution in [0.1, 0.15) is 49.6 Å². The SMILES string of the molecule is CCNC(=O)c1ccc(-n2nc(-c3nnc(C)o3)cc2C(C)(C)C)cc1. The highest BCUT2D eigenvalue weighted by atomic mass is 16.4. The number of benzene rings is 1. The van der Waals surface area contributed by atoms with Gasteiger partial charge < -0.3 is 9.73 Å². The lowest BCUT2D eigenvalue weighted by Gasteiger charge is -2.20. The van der Waals surface area contributed by atoms with Crippen molar-refractivity contribution in [2.75, 3.05) is 6.54 Å². The van der Waals surface area contributed by atoms with E-state index >= 15 is 0 Å². The molecular formula is C19H23N5O2. The first-order valence-corrected chi connectivity index (χ1v) is 8.59.